The number of hydrogen-bond donors (Lipinski definition) is 0. The van der Waals surface area contributed by atoms with Crippen LogP contribution in [0.2, 0.25) is 0 Å². The minimum absolute atomic E-state index is 0.0816. The van der Waals surface area contributed by atoms with Crippen LogP contribution < -0.4 is 4.74 Å². The highest BCUT2D eigenvalue weighted by atomic mass is 35.7. The van der Waals surface area contributed by atoms with Gasteiger partial charge in [0.25, 0.3) is 9.05 Å². The molecule has 0 bridgehead atoms. The Labute approximate surface area is 118 Å². The maximum Gasteiger partial charge on any atom is 0.261 e. The largest absolute Gasteiger partial charge is 0.493 e. The molecule has 0 saturated carbocycles. The Bertz CT molecular complexity index is 541. The van der Waals surface area contributed by atoms with Gasteiger partial charge in [0.05, 0.1) is 18.2 Å². The standard InChI is InChI=1S/C13H18ClFO3S/c1-9(2)11-8-13(19(14,16)17)10(3)7-12(11)18-6-4-5-15/h7-9H,4-6H2,1-3H3. The van der Waals surface area contributed by atoms with Gasteiger partial charge in [0.1, 0.15) is 5.75 Å². The Morgan fingerprint density at radius 3 is 2.47 bits per heavy atom. The van der Waals surface area contributed by atoms with Crippen molar-refractivity contribution in [1.29, 1.82) is 0 Å². The minimum Gasteiger partial charge on any atom is -0.493 e. The van der Waals surface area contributed by atoms with Crippen LogP contribution in [0.25, 0.3) is 0 Å². The Morgan fingerprint density at radius 2 is 2.00 bits per heavy atom. The van der Waals surface area contributed by atoms with Crippen LogP contribution in [0.15, 0.2) is 17.0 Å². The van der Waals surface area contributed by atoms with Crippen molar-refractivity contribution in [2.75, 3.05) is 13.3 Å². The normalized spacial score (nSPS) is 11.9. The summed E-state index contributed by atoms with van der Waals surface area (Å²) >= 11 is 0. The first-order chi connectivity index (χ1) is 8.77. The fourth-order valence-corrected chi connectivity index (χ4v) is 2.96. The van der Waals surface area contributed by atoms with E-state index in [9.17, 15) is 12.8 Å². The Morgan fingerprint density at radius 1 is 1.37 bits per heavy atom. The Balaban J connectivity index is 3.22. The van der Waals surface area contributed by atoms with Crippen molar-refractivity contribution >= 4 is 19.7 Å². The lowest BCUT2D eigenvalue weighted by Crippen LogP contribution is -2.05. The van der Waals surface area contributed by atoms with Gasteiger partial charge in [-0.2, -0.15) is 0 Å². The fourth-order valence-electron chi connectivity index (χ4n) is 1.75. The van der Waals surface area contributed by atoms with Crippen LogP contribution in [0.5, 0.6) is 5.75 Å². The van der Waals surface area contributed by atoms with Crippen molar-refractivity contribution in [2.45, 2.75) is 38.0 Å². The predicted octanol–water partition coefficient (Wildman–Crippen LogP) is 3.78. The monoisotopic (exact) mass is 308 g/mol. The average molecular weight is 309 g/mol. The number of alkyl halides is 1. The van der Waals surface area contributed by atoms with Gasteiger partial charge < -0.3 is 4.74 Å². The summed E-state index contributed by atoms with van der Waals surface area (Å²) in [6.07, 6.45) is 0.312. The molecule has 0 atom stereocenters. The lowest BCUT2D eigenvalue weighted by atomic mass is 10.0. The molecule has 0 aliphatic heterocycles. The Kier molecular flexibility index (Phi) is 5.62. The van der Waals surface area contributed by atoms with E-state index in [2.05, 4.69) is 0 Å². The number of ether oxygens (including phenoxy) is 1. The summed E-state index contributed by atoms with van der Waals surface area (Å²) < 4.78 is 40.5. The Hall–Kier alpha value is -0.810. The van der Waals surface area contributed by atoms with Crippen molar-refractivity contribution in [3.8, 4) is 5.75 Å². The van der Waals surface area contributed by atoms with E-state index < -0.39 is 15.7 Å². The molecule has 1 rings (SSSR count). The van der Waals surface area contributed by atoms with Crippen molar-refractivity contribution in [1.82, 2.24) is 0 Å². The number of benzene rings is 1. The van der Waals surface area contributed by atoms with Crippen molar-refractivity contribution in [3.05, 3.63) is 23.3 Å². The third-order valence-corrected chi connectivity index (χ3v) is 4.19. The van der Waals surface area contributed by atoms with Crippen LogP contribution in [0.4, 0.5) is 4.39 Å². The number of halogens is 2. The summed E-state index contributed by atoms with van der Waals surface area (Å²) in [7, 11) is 1.63. The first kappa shape index (κ1) is 16.2. The smallest absolute Gasteiger partial charge is 0.261 e. The zero-order chi connectivity index (χ0) is 14.6. The lowest BCUT2D eigenvalue weighted by molar-refractivity contribution is 0.286. The molecule has 0 N–H and O–H groups in total. The molecular weight excluding hydrogens is 291 g/mol. The maximum atomic E-state index is 12.1. The van der Waals surface area contributed by atoms with E-state index in [-0.39, 0.29) is 17.4 Å². The van der Waals surface area contributed by atoms with E-state index >= 15 is 0 Å². The second kappa shape index (κ2) is 6.57. The molecule has 0 aliphatic rings. The summed E-state index contributed by atoms with van der Waals surface area (Å²) in [5, 5.41) is 0. The molecule has 1 aromatic carbocycles. The molecule has 0 heterocycles. The maximum absolute atomic E-state index is 12.1. The van der Waals surface area contributed by atoms with Crippen molar-refractivity contribution < 1.29 is 17.5 Å². The van der Waals surface area contributed by atoms with Crippen LogP contribution in [-0.2, 0) is 9.05 Å². The molecule has 0 radical (unpaired) electrons. The lowest BCUT2D eigenvalue weighted by Gasteiger charge is -2.16. The molecule has 19 heavy (non-hydrogen) atoms. The van der Waals surface area contributed by atoms with E-state index in [1.54, 1.807) is 13.0 Å². The molecule has 0 fully saturated rings. The van der Waals surface area contributed by atoms with Crippen LogP contribution in [-0.4, -0.2) is 21.7 Å². The summed E-state index contributed by atoms with van der Waals surface area (Å²) in [5.41, 5.74) is 1.28. The summed E-state index contributed by atoms with van der Waals surface area (Å²) in [6, 6.07) is 3.18. The van der Waals surface area contributed by atoms with Crippen LogP contribution in [0.1, 0.15) is 37.3 Å². The molecule has 0 saturated heterocycles. The highest BCUT2D eigenvalue weighted by Crippen LogP contribution is 2.33. The number of hydrogen-bond acceptors (Lipinski definition) is 3. The minimum atomic E-state index is -3.77. The molecule has 1 aromatic rings. The third kappa shape index (κ3) is 4.35. The third-order valence-electron chi connectivity index (χ3n) is 2.73. The van der Waals surface area contributed by atoms with Gasteiger partial charge in [0.2, 0.25) is 0 Å². The summed E-state index contributed by atoms with van der Waals surface area (Å²) in [5.74, 6) is 0.670. The van der Waals surface area contributed by atoms with Gasteiger partial charge in [0, 0.05) is 17.1 Å². The molecule has 6 heteroatoms. The number of aryl methyl sites for hydroxylation is 1. The molecule has 108 valence electrons. The molecular formula is C13H18ClFO3S. The van der Waals surface area contributed by atoms with E-state index in [4.69, 9.17) is 15.4 Å². The van der Waals surface area contributed by atoms with Gasteiger partial charge in [-0.1, -0.05) is 13.8 Å². The SMILES string of the molecule is Cc1cc(OCCCF)c(C(C)C)cc1S(=O)(=O)Cl. The highest BCUT2D eigenvalue weighted by molar-refractivity contribution is 8.13. The molecule has 0 aliphatic carbocycles. The van der Waals surface area contributed by atoms with E-state index in [1.807, 2.05) is 13.8 Å². The van der Waals surface area contributed by atoms with Gasteiger partial charge in [-0.15, -0.1) is 0 Å². The average Bonchev–Trinajstić information content (AvgIpc) is 2.27. The fraction of sp³-hybridized carbons (Fsp3) is 0.538. The van der Waals surface area contributed by atoms with E-state index in [0.29, 0.717) is 17.7 Å². The molecule has 0 spiro atoms. The first-order valence-electron chi connectivity index (χ1n) is 6.05. The van der Waals surface area contributed by atoms with E-state index in [0.717, 1.165) is 5.56 Å². The predicted molar refractivity (Wildman–Crippen MR) is 74.4 cm³/mol. The van der Waals surface area contributed by atoms with Gasteiger partial charge in [-0.3, -0.25) is 4.39 Å². The van der Waals surface area contributed by atoms with Gasteiger partial charge in [0.15, 0.2) is 0 Å². The number of rotatable bonds is 6. The van der Waals surface area contributed by atoms with E-state index in [1.165, 1.54) is 6.07 Å². The van der Waals surface area contributed by atoms with Gasteiger partial charge in [-0.05, 0) is 36.1 Å². The topological polar surface area (TPSA) is 43.4 Å². The molecule has 3 nitrogen and oxygen atoms in total. The molecule has 0 aromatic heterocycles. The van der Waals surface area contributed by atoms with Gasteiger partial charge >= 0.3 is 0 Å². The first-order valence-corrected chi connectivity index (χ1v) is 8.36. The van der Waals surface area contributed by atoms with Crippen molar-refractivity contribution in [3.63, 3.8) is 0 Å². The summed E-state index contributed by atoms with van der Waals surface area (Å²) in [4.78, 5) is 0.0932. The summed E-state index contributed by atoms with van der Waals surface area (Å²) in [6.45, 7) is 5.34. The zero-order valence-corrected chi connectivity index (χ0v) is 12.8. The second-order valence-corrected chi connectivity index (χ2v) is 7.17. The quantitative estimate of drug-likeness (QED) is 0.593. The highest BCUT2D eigenvalue weighted by Gasteiger charge is 2.19. The second-order valence-electron chi connectivity index (χ2n) is 4.64. The zero-order valence-electron chi connectivity index (χ0n) is 11.2. The molecule has 0 unspecified atom stereocenters. The van der Waals surface area contributed by atoms with Crippen LogP contribution >= 0.6 is 10.7 Å². The molecule has 0 amide bonds. The van der Waals surface area contributed by atoms with Gasteiger partial charge in [-0.25, -0.2) is 8.42 Å². The van der Waals surface area contributed by atoms with Crippen LogP contribution in [0.3, 0.4) is 0 Å². The van der Waals surface area contributed by atoms with Crippen molar-refractivity contribution in [2.24, 2.45) is 0 Å². The van der Waals surface area contributed by atoms with Crippen LogP contribution in [0, 0.1) is 6.92 Å².